The van der Waals surface area contributed by atoms with E-state index >= 15 is 0 Å². The predicted molar refractivity (Wildman–Crippen MR) is 87.7 cm³/mol. The fourth-order valence-electron chi connectivity index (χ4n) is 1.76. The molecule has 0 radical (unpaired) electrons. The first-order valence-corrected chi connectivity index (χ1v) is 8.00. The molecule has 0 spiro atoms. The lowest BCUT2D eigenvalue weighted by Crippen LogP contribution is -2.29. The summed E-state index contributed by atoms with van der Waals surface area (Å²) >= 11 is 0. The first-order valence-electron chi connectivity index (χ1n) is 8.00. The van der Waals surface area contributed by atoms with Crippen LogP contribution in [0.4, 0.5) is 0 Å². The lowest BCUT2D eigenvalue weighted by molar-refractivity contribution is 0.102. The Kier molecular flexibility index (Phi) is 6.59. The molecular weight excluding hydrogens is 262 g/mol. The molecule has 1 heterocycles. The van der Waals surface area contributed by atoms with Crippen LogP contribution in [0.25, 0.3) is 0 Å². The van der Waals surface area contributed by atoms with Gasteiger partial charge in [-0.05, 0) is 32.7 Å². The minimum Gasteiger partial charge on any atom is -0.484 e. The summed E-state index contributed by atoms with van der Waals surface area (Å²) in [6.45, 7) is 16.6. The van der Waals surface area contributed by atoms with Crippen LogP contribution in [0.5, 0.6) is 5.75 Å². The molecule has 0 unspecified atom stereocenters. The molecule has 0 aliphatic heterocycles. The SMILES string of the molecule is CCC(C)(C)Oc1cnc(C(C)C)nc1CNCC(C)C. The van der Waals surface area contributed by atoms with Crippen LogP contribution in [0.2, 0.25) is 0 Å². The van der Waals surface area contributed by atoms with Crippen LogP contribution in [0.1, 0.15) is 72.3 Å². The van der Waals surface area contributed by atoms with E-state index in [0.717, 1.165) is 36.8 Å². The van der Waals surface area contributed by atoms with E-state index in [1.54, 1.807) is 0 Å². The molecule has 0 fully saturated rings. The van der Waals surface area contributed by atoms with E-state index in [1.165, 1.54) is 0 Å². The number of aromatic nitrogens is 2. The van der Waals surface area contributed by atoms with Crippen molar-refractivity contribution in [3.05, 3.63) is 17.7 Å². The molecule has 0 atom stereocenters. The van der Waals surface area contributed by atoms with Crippen LogP contribution in [0.3, 0.4) is 0 Å². The number of nitrogens with one attached hydrogen (secondary N) is 1. The highest BCUT2D eigenvalue weighted by molar-refractivity contribution is 5.26. The van der Waals surface area contributed by atoms with Gasteiger partial charge in [0.25, 0.3) is 0 Å². The second-order valence-electron chi connectivity index (χ2n) is 6.93. The third-order valence-corrected chi connectivity index (χ3v) is 3.45. The molecule has 0 aromatic carbocycles. The summed E-state index contributed by atoms with van der Waals surface area (Å²) in [5.41, 5.74) is 0.756. The van der Waals surface area contributed by atoms with Crippen molar-refractivity contribution in [2.45, 2.75) is 73.0 Å². The highest BCUT2D eigenvalue weighted by atomic mass is 16.5. The van der Waals surface area contributed by atoms with Crippen LogP contribution in [-0.4, -0.2) is 22.1 Å². The third kappa shape index (κ3) is 6.00. The molecule has 1 aromatic rings. The van der Waals surface area contributed by atoms with Crippen molar-refractivity contribution >= 4 is 0 Å². The quantitative estimate of drug-likeness (QED) is 0.789. The fraction of sp³-hybridized carbons (Fsp3) is 0.765. The number of nitrogens with zero attached hydrogens (tertiary/aromatic N) is 2. The standard InChI is InChI=1S/C17H31N3O/c1-8-17(6,7)21-15-11-19-16(13(4)5)20-14(15)10-18-9-12(2)3/h11-13,18H,8-10H2,1-7H3. The normalized spacial score (nSPS) is 12.2. The second kappa shape index (κ2) is 7.74. The highest BCUT2D eigenvalue weighted by Crippen LogP contribution is 2.24. The zero-order valence-electron chi connectivity index (χ0n) is 14.7. The van der Waals surface area contributed by atoms with E-state index in [1.807, 2.05) is 6.20 Å². The molecule has 0 aliphatic carbocycles. The predicted octanol–water partition coefficient (Wildman–Crippen LogP) is 3.91. The Morgan fingerprint density at radius 3 is 2.43 bits per heavy atom. The largest absolute Gasteiger partial charge is 0.484 e. The molecule has 1 rings (SSSR count). The fourth-order valence-corrected chi connectivity index (χ4v) is 1.76. The van der Waals surface area contributed by atoms with Crippen molar-refractivity contribution in [1.82, 2.24) is 15.3 Å². The Morgan fingerprint density at radius 2 is 1.90 bits per heavy atom. The molecule has 0 amide bonds. The minimum absolute atomic E-state index is 0.199. The molecule has 0 saturated heterocycles. The topological polar surface area (TPSA) is 47.0 Å². The summed E-state index contributed by atoms with van der Waals surface area (Å²) in [5.74, 6) is 2.61. The van der Waals surface area contributed by atoms with Gasteiger partial charge in [-0.3, -0.25) is 0 Å². The van der Waals surface area contributed by atoms with Crippen molar-refractivity contribution < 1.29 is 4.74 Å². The first kappa shape index (κ1) is 17.9. The molecule has 4 nitrogen and oxygen atoms in total. The van der Waals surface area contributed by atoms with E-state index in [-0.39, 0.29) is 5.60 Å². The van der Waals surface area contributed by atoms with Gasteiger partial charge in [-0.25, -0.2) is 9.97 Å². The monoisotopic (exact) mass is 293 g/mol. The van der Waals surface area contributed by atoms with Crippen molar-refractivity contribution in [3.63, 3.8) is 0 Å². The maximum Gasteiger partial charge on any atom is 0.161 e. The maximum atomic E-state index is 6.11. The maximum absolute atomic E-state index is 6.11. The third-order valence-electron chi connectivity index (χ3n) is 3.45. The van der Waals surface area contributed by atoms with E-state index in [9.17, 15) is 0 Å². The molecular formula is C17H31N3O. The number of ether oxygens (including phenoxy) is 1. The van der Waals surface area contributed by atoms with Gasteiger partial charge in [-0.1, -0.05) is 34.6 Å². The molecule has 0 saturated carbocycles. The zero-order chi connectivity index (χ0) is 16.0. The summed E-state index contributed by atoms with van der Waals surface area (Å²) in [6, 6.07) is 0. The Bertz CT molecular complexity index is 442. The summed E-state index contributed by atoms with van der Waals surface area (Å²) in [5, 5.41) is 3.44. The van der Waals surface area contributed by atoms with Gasteiger partial charge in [0, 0.05) is 12.5 Å². The van der Waals surface area contributed by atoms with Crippen molar-refractivity contribution in [1.29, 1.82) is 0 Å². The van der Waals surface area contributed by atoms with E-state index in [0.29, 0.717) is 11.8 Å². The molecule has 0 aliphatic rings. The molecule has 21 heavy (non-hydrogen) atoms. The number of rotatable bonds is 8. The highest BCUT2D eigenvalue weighted by Gasteiger charge is 2.20. The average molecular weight is 293 g/mol. The molecule has 4 heteroatoms. The Hall–Kier alpha value is -1.16. The number of hydrogen-bond donors (Lipinski definition) is 1. The van der Waals surface area contributed by atoms with Gasteiger partial charge in [0.05, 0.1) is 11.9 Å². The molecule has 1 N–H and O–H groups in total. The number of hydrogen-bond acceptors (Lipinski definition) is 4. The van der Waals surface area contributed by atoms with Crippen LogP contribution in [0, 0.1) is 5.92 Å². The van der Waals surface area contributed by atoms with E-state index in [2.05, 4.69) is 63.8 Å². The second-order valence-corrected chi connectivity index (χ2v) is 6.93. The van der Waals surface area contributed by atoms with E-state index < -0.39 is 0 Å². The van der Waals surface area contributed by atoms with E-state index in [4.69, 9.17) is 4.74 Å². The Balaban J connectivity index is 2.94. The lowest BCUT2D eigenvalue weighted by Gasteiger charge is -2.26. The average Bonchev–Trinajstić information content (AvgIpc) is 2.39. The minimum atomic E-state index is -0.199. The molecule has 120 valence electrons. The van der Waals surface area contributed by atoms with Crippen molar-refractivity contribution in [2.75, 3.05) is 6.54 Å². The summed E-state index contributed by atoms with van der Waals surface area (Å²) < 4.78 is 6.11. The molecule has 0 bridgehead atoms. The summed E-state index contributed by atoms with van der Waals surface area (Å²) in [7, 11) is 0. The van der Waals surface area contributed by atoms with Gasteiger partial charge in [-0.2, -0.15) is 0 Å². The van der Waals surface area contributed by atoms with Gasteiger partial charge in [-0.15, -0.1) is 0 Å². The van der Waals surface area contributed by atoms with Gasteiger partial charge in [0.2, 0.25) is 0 Å². The van der Waals surface area contributed by atoms with Crippen LogP contribution in [-0.2, 0) is 6.54 Å². The first-order chi connectivity index (χ1) is 9.75. The van der Waals surface area contributed by atoms with Crippen LogP contribution in [0.15, 0.2) is 6.20 Å². The van der Waals surface area contributed by atoms with Crippen molar-refractivity contribution in [3.8, 4) is 5.75 Å². The Labute approximate surface area is 129 Å². The van der Waals surface area contributed by atoms with Crippen LogP contribution >= 0.6 is 0 Å². The summed E-state index contributed by atoms with van der Waals surface area (Å²) in [6.07, 6.45) is 2.77. The van der Waals surface area contributed by atoms with Gasteiger partial charge in [0.1, 0.15) is 11.4 Å². The lowest BCUT2D eigenvalue weighted by atomic mass is 10.1. The van der Waals surface area contributed by atoms with Gasteiger partial charge >= 0.3 is 0 Å². The van der Waals surface area contributed by atoms with Gasteiger partial charge < -0.3 is 10.1 Å². The Morgan fingerprint density at radius 1 is 1.24 bits per heavy atom. The smallest absolute Gasteiger partial charge is 0.161 e. The summed E-state index contributed by atoms with van der Waals surface area (Å²) in [4.78, 5) is 9.13. The van der Waals surface area contributed by atoms with Gasteiger partial charge in [0.15, 0.2) is 5.75 Å². The zero-order valence-corrected chi connectivity index (χ0v) is 14.7. The van der Waals surface area contributed by atoms with Crippen LogP contribution < -0.4 is 10.1 Å². The van der Waals surface area contributed by atoms with Crippen molar-refractivity contribution in [2.24, 2.45) is 5.92 Å². The molecule has 1 aromatic heterocycles.